The minimum Gasteiger partial charge on any atom is -0.444 e. The van der Waals surface area contributed by atoms with Crippen molar-refractivity contribution >= 4 is 35.6 Å². The van der Waals surface area contributed by atoms with Crippen LogP contribution in [0, 0.1) is 0 Å². The van der Waals surface area contributed by atoms with Gasteiger partial charge in [0.2, 0.25) is 5.91 Å². The number of nitrogens with one attached hydrogen (secondary N) is 2. The van der Waals surface area contributed by atoms with Crippen LogP contribution in [-0.4, -0.2) is 81.4 Å². The molecule has 0 unspecified atom stereocenters. The van der Waals surface area contributed by atoms with E-state index in [1.54, 1.807) is 58.2 Å². The molecule has 0 saturated carbocycles. The van der Waals surface area contributed by atoms with Crippen molar-refractivity contribution in [3.8, 4) is 0 Å². The molecule has 1 aromatic rings. The number of aliphatic hydroxyl groups excluding tert-OH is 1. The molecule has 0 aliphatic carbocycles. The molecule has 1 aromatic carbocycles. The van der Waals surface area contributed by atoms with Gasteiger partial charge in [-0.3, -0.25) is 9.59 Å². The maximum absolute atomic E-state index is 13.0. The molecule has 3 atom stereocenters. The maximum Gasteiger partial charge on any atom is 0.408 e. The fourth-order valence-electron chi connectivity index (χ4n) is 4.28. The number of carbonyl (C=O) groups is 4. The minimum absolute atomic E-state index is 0.114. The van der Waals surface area contributed by atoms with Crippen molar-refractivity contribution in [1.29, 1.82) is 0 Å². The Balaban J connectivity index is 1.91. The van der Waals surface area contributed by atoms with Crippen molar-refractivity contribution in [3.05, 3.63) is 35.9 Å². The number of alkyl carbamates (subject to hydrolysis) is 2. The number of nitrogens with zero attached hydrogens (tertiary/aromatic N) is 1. The number of aliphatic hydroxyl groups is 1. The highest BCUT2D eigenvalue weighted by Gasteiger charge is 2.31. The predicted molar refractivity (Wildman–Crippen MR) is 160 cm³/mol. The second kappa shape index (κ2) is 16.0. The van der Waals surface area contributed by atoms with Gasteiger partial charge in [0.25, 0.3) is 0 Å². The highest BCUT2D eigenvalue weighted by Crippen LogP contribution is 2.18. The van der Waals surface area contributed by atoms with Crippen molar-refractivity contribution in [2.24, 2.45) is 0 Å². The lowest BCUT2D eigenvalue weighted by Gasteiger charge is -2.26. The Hall–Kier alpha value is -2.79. The van der Waals surface area contributed by atoms with Gasteiger partial charge in [0.1, 0.15) is 23.3 Å². The van der Waals surface area contributed by atoms with Crippen LogP contribution in [-0.2, 0) is 25.5 Å². The molecule has 2 rings (SSSR count). The predicted octanol–water partition coefficient (Wildman–Crippen LogP) is 4.43. The zero-order chi connectivity index (χ0) is 30.6. The van der Waals surface area contributed by atoms with Crippen LogP contribution in [0.1, 0.15) is 79.2 Å². The number of ether oxygens (including phenoxy) is 2. The van der Waals surface area contributed by atoms with E-state index in [1.807, 2.05) is 30.3 Å². The van der Waals surface area contributed by atoms with Gasteiger partial charge in [-0.25, -0.2) is 9.59 Å². The van der Waals surface area contributed by atoms with E-state index in [4.69, 9.17) is 9.47 Å². The molecule has 0 bridgehead atoms. The molecule has 0 spiro atoms. The number of Topliss-reactive ketones (excluding diaryl/α,β-unsaturated/α-hetero) is 1. The summed E-state index contributed by atoms with van der Waals surface area (Å²) in [5.74, 6) is 0.947. The lowest BCUT2D eigenvalue weighted by molar-refractivity contribution is -0.132. The number of rotatable bonds is 13. The fourth-order valence-corrected chi connectivity index (χ4v) is 5.24. The molecular weight excluding hydrogens is 546 g/mol. The van der Waals surface area contributed by atoms with E-state index in [1.165, 1.54) is 0 Å². The Kier molecular flexibility index (Phi) is 13.4. The molecule has 0 radical (unpaired) electrons. The summed E-state index contributed by atoms with van der Waals surface area (Å²) in [6.45, 7) is 11.2. The molecule has 1 aliphatic rings. The van der Waals surface area contributed by atoms with Gasteiger partial charge in [-0.15, -0.1) is 11.8 Å². The van der Waals surface area contributed by atoms with E-state index in [0.717, 1.165) is 11.3 Å². The summed E-state index contributed by atoms with van der Waals surface area (Å²) in [5, 5.41) is 16.3. The number of thioether (sulfide) groups is 1. The van der Waals surface area contributed by atoms with E-state index in [2.05, 4.69) is 10.6 Å². The van der Waals surface area contributed by atoms with Crippen LogP contribution >= 0.6 is 11.8 Å². The Morgan fingerprint density at radius 2 is 1.54 bits per heavy atom. The van der Waals surface area contributed by atoms with E-state index in [0.29, 0.717) is 38.1 Å². The number of hydrogen-bond acceptors (Lipinski definition) is 8. The van der Waals surface area contributed by atoms with Gasteiger partial charge in [0.05, 0.1) is 11.9 Å². The van der Waals surface area contributed by atoms with Gasteiger partial charge < -0.3 is 30.1 Å². The molecule has 11 heteroatoms. The molecule has 230 valence electrons. The third-order valence-electron chi connectivity index (χ3n) is 6.18. The van der Waals surface area contributed by atoms with E-state index in [-0.39, 0.29) is 24.5 Å². The van der Waals surface area contributed by atoms with Crippen LogP contribution in [0.5, 0.6) is 0 Å². The van der Waals surface area contributed by atoms with Gasteiger partial charge in [0, 0.05) is 18.7 Å². The molecule has 41 heavy (non-hydrogen) atoms. The van der Waals surface area contributed by atoms with Crippen LogP contribution in [0.15, 0.2) is 30.3 Å². The maximum atomic E-state index is 13.0. The SMILES string of the molecule is CC(C)(C)OC(=O)N[C@@H](CCCCCC(=O)[C@@H](O)[C@@H](Cc1ccccc1)NC(=O)OC(C)(C)C)C(=O)N1CCSC1. The summed E-state index contributed by atoms with van der Waals surface area (Å²) >= 11 is 1.67. The van der Waals surface area contributed by atoms with E-state index >= 15 is 0 Å². The number of carbonyl (C=O) groups excluding carboxylic acids is 4. The summed E-state index contributed by atoms with van der Waals surface area (Å²) < 4.78 is 10.7. The molecule has 1 aliphatic heterocycles. The first kappa shape index (κ1) is 34.4. The van der Waals surface area contributed by atoms with Crippen LogP contribution in [0.3, 0.4) is 0 Å². The van der Waals surface area contributed by atoms with Gasteiger partial charge in [0.15, 0.2) is 5.78 Å². The highest BCUT2D eigenvalue weighted by molar-refractivity contribution is 7.99. The summed E-state index contributed by atoms with van der Waals surface area (Å²) in [4.78, 5) is 52.5. The molecule has 3 N–H and O–H groups in total. The van der Waals surface area contributed by atoms with Crippen LogP contribution in [0.25, 0.3) is 0 Å². The third kappa shape index (κ3) is 13.6. The van der Waals surface area contributed by atoms with Crippen LogP contribution < -0.4 is 10.6 Å². The van der Waals surface area contributed by atoms with Crippen molar-refractivity contribution in [2.75, 3.05) is 18.2 Å². The van der Waals surface area contributed by atoms with Crippen molar-refractivity contribution in [2.45, 2.75) is 109 Å². The number of amides is 3. The van der Waals surface area contributed by atoms with Crippen LogP contribution in [0.2, 0.25) is 0 Å². The lowest BCUT2D eigenvalue weighted by atomic mass is 9.96. The zero-order valence-electron chi connectivity index (χ0n) is 25.2. The fraction of sp³-hybridized carbons (Fsp3) is 0.667. The molecule has 1 saturated heterocycles. The minimum atomic E-state index is -1.40. The second-order valence-corrected chi connectivity index (χ2v) is 13.4. The summed E-state index contributed by atoms with van der Waals surface area (Å²) in [7, 11) is 0. The quantitative estimate of drug-likeness (QED) is 0.286. The normalized spacial score (nSPS) is 15.9. The van der Waals surface area contributed by atoms with Gasteiger partial charge in [-0.05, 0) is 66.4 Å². The van der Waals surface area contributed by atoms with Gasteiger partial charge in [-0.1, -0.05) is 43.2 Å². The molecular formula is C30H47N3O7S. The first-order valence-electron chi connectivity index (χ1n) is 14.2. The highest BCUT2D eigenvalue weighted by atomic mass is 32.2. The number of unbranched alkanes of at least 4 members (excludes halogenated alkanes) is 2. The first-order chi connectivity index (χ1) is 19.1. The summed E-state index contributed by atoms with van der Waals surface area (Å²) in [5.41, 5.74) is -0.536. The van der Waals surface area contributed by atoms with Crippen LogP contribution in [0.4, 0.5) is 9.59 Å². The molecule has 3 amide bonds. The monoisotopic (exact) mass is 593 g/mol. The van der Waals surface area contributed by atoms with Gasteiger partial charge >= 0.3 is 12.2 Å². The Morgan fingerprint density at radius 3 is 2.10 bits per heavy atom. The lowest BCUT2D eigenvalue weighted by Crippen LogP contribution is -2.49. The zero-order valence-corrected chi connectivity index (χ0v) is 26.1. The number of hydrogen-bond donors (Lipinski definition) is 3. The van der Waals surface area contributed by atoms with E-state index in [9.17, 15) is 24.3 Å². The Labute approximate surface area is 248 Å². The average Bonchev–Trinajstić information content (AvgIpc) is 3.40. The molecule has 0 aromatic heterocycles. The summed E-state index contributed by atoms with van der Waals surface area (Å²) in [6, 6.07) is 7.75. The Bertz CT molecular complexity index is 1000. The van der Waals surface area contributed by atoms with Crippen molar-refractivity contribution in [1.82, 2.24) is 15.5 Å². The third-order valence-corrected chi connectivity index (χ3v) is 7.15. The largest absolute Gasteiger partial charge is 0.444 e. The molecule has 10 nitrogen and oxygen atoms in total. The summed E-state index contributed by atoms with van der Waals surface area (Å²) in [6.07, 6.45) is -0.238. The van der Waals surface area contributed by atoms with Gasteiger partial charge in [-0.2, -0.15) is 0 Å². The first-order valence-corrected chi connectivity index (χ1v) is 15.4. The van der Waals surface area contributed by atoms with E-state index < -0.39 is 41.6 Å². The second-order valence-electron chi connectivity index (χ2n) is 12.3. The average molecular weight is 594 g/mol. The number of ketones is 1. The van der Waals surface area contributed by atoms with Crippen molar-refractivity contribution in [3.63, 3.8) is 0 Å². The number of benzene rings is 1. The molecule has 1 heterocycles. The molecule has 1 fully saturated rings. The standard InChI is InChI=1S/C30H47N3O7S/c1-29(2,3)39-27(37)31-22(26(36)33-17-18-41-20-33)15-11-8-12-16-24(34)25(35)23(19-21-13-9-7-10-14-21)32-28(38)40-30(4,5)6/h7,9-10,13-14,22-23,25,35H,8,11-12,15-20H2,1-6H3,(H,31,37)(H,32,38)/t22-,23+,25-/m0/s1. The van der Waals surface area contributed by atoms with Crippen molar-refractivity contribution < 1.29 is 33.8 Å². The topological polar surface area (TPSA) is 134 Å². The Morgan fingerprint density at radius 1 is 0.927 bits per heavy atom. The smallest absolute Gasteiger partial charge is 0.408 e.